The van der Waals surface area contributed by atoms with Gasteiger partial charge in [-0.3, -0.25) is 4.79 Å². The lowest BCUT2D eigenvalue weighted by Gasteiger charge is -2.32. The smallest absolute Gasteiger partial charge is 0.246 e. The lowest BCUT2D eigenvalue weighted by molar-refractivity contribution is -0.126. The molecule has 1 saturated carbocycles. The maximum absolute atomic E-state index is 11.6. The van der Waals surface area contributed by atoms with Crippen LogP contribution in [0.4, 0.5) is 0 Å². The van der Waals surface area contributed by atoms with Crippen molar-refractivity contribution in [1.29, 1.82) is 0 Å². The number of hydrogen-bond acceptors (Lipinski definition) is 2. The minimum absolute atomic E-state index is 0.0508. The van der Waals surface area contributed by atoms with E-state index in [1.54, 1.807) is 0 Å². The third-order valence-electron chi connectivity index (χ3n) is 3.35. The van der Waals surface area contributed by atoms with Crippen molar-refractivity contribution in [3.63, 3.8) is 0 Å². The van der Waals surface area contributed by atoms with Crippen molar-refractivity contribution >= 4 is 5.91 Å². The molecule has 1 rings (SSSR count). The third kappa shape index (κ3) is 4.52. The molecule has 1 fully saturated rings. The van der Waals surface area contributed by atoms with Crippen molar-refractivity contribution in [2.45, 2.75) is 58.4 Å². The minimum atomic E-state index is 0.0508. The lowest BCUT2D eigenvalue weighted by atomic mass is 9.82. The SMILES string of the molecule is CCC[C@H]1CCCC[C@H]1NC(=O)COCC. The summed E-state index contributed by atoms with van der Waals surface area (Å²) in [6.45, 7) is 4.95. The average molecular weight is 227 g/mol. The molecule has 2 atom stereocenters. The number of amides is 1. The highest BCUT2D eigenvalue weighted by Gasteiger charge is 2.25. The van der Waals surface area contributed by atoms with E-state index < -0.39 is 0 Å². The van der Waals surface area contributed by atoms with E-state index in [2.05, 4.69) is 12.2 Å². The van der Waals surface area contributed by atoms with E-state index in [-0.39, 0.29) is 12.5 Å². The zero-order valence-electron chi connectivity index (χ0n) is 10.6. The van der Waals surface area contributed by atoms with Crippen LogP contribution in [0.3, 0.4) is 0 Å². The first-order valence-electron chi connectivity index (χ1n) is 6.65. The molecule has 0 saturated heterocycles. The summed E-state index contributed by atoms with van der Waals surface area (Å²) >= 11 is 0. The maximum Gasteiger partial charge on any atom is 0.246 e. The molecule has 0 aromatic carbocycles. The normalized spacial score (nSPS) is 25.4. The molecule has 1 aliphatic carbocycles. The van der Waals surface area contributed by atoms with Gasteiger partial charge in [-0.2, -0.15) is 0 Å². The molecule has 0 aromatic heterocycles. The van der Waals surface area contributed by atoms with Gasteiger partial charge in [0.15, 0.2) is 0 Å². The first-order chi connectivity index (χ1) is 7.77. The number of ether oxygens (including phenoxy) is 1. The molecule has 0 bridgehead atoms. The van der Waals surface area contributed by atoms with E-state index in [1.807, 2.05) is 6.92 Å². The van der Waals surface area contributed by atoms with Gasteiger partial charge in [-0.15, -0.1) is 0 Å². The fourth-order valence-corrected chi connectivity index (χ4v) is 2.56. The molecule has 1 aliphatic rings. The number of rotatable bonds is 6. The number of hydrogen-bond donors (Lipinski definition) is 1. The number of carbonyl (C=O) groups is 1. The van der Waals surface area contributed by atoms with Gasteiger partial charge < -0.3 is 10.1 Å². The van der Waals surface area contributed by atoms with Gasteiger partial charge in [0.05, 0.1) is 0 Å². The summed E-state index contributed by atoms with van der Waals surface area (Å²) in [5.41, 5.74) is 0. The van der Waals surface area contributed by atoms with E-state index in [0.29, 0.717) is 18.6 Å². The Labute approximate surface area is 98.9 Å². The number of nitrogens with one attached hydrogen (secondary N) is 1. The highest BCUT2D eigenvalue weighted by atomic mass is 16.5. The summed E-state index contributed by atoms with van der Waals surface area (Å²) in [5.74, 6) is 0.735. The van der Waals surface area contributed by atoms with Gasteiger partial charge >= 0.3 is 0 Å². The van der Waals surface area contributed by atoms with Crippen LogP contribution in [0, 0.1) is 5.92 Å². The summed E-state index contributed by atoms with van der Waals surface area (Å²) in [5, 5.41) is 3.12. The molecule has 16 heavy (non-hydrogen) atoms. The van der Waals surface area contributed by atoms with Gasteiger partial charge in [0.2, 0.25) is 5.91 Å². The van der Waals surface area contributed by atoms with Gasteiger partial charge in [-0.1, -0.05) is 26.2 Å². The van der Waals surface area contributed by atoms with Gasteiger partial charge in [-0.25, -0.2) is 0 Å². The van der Waals surface area contributed by atoms with Gasteiger partial charge in [-0.05, 0) is 32.1 Å². The van der Waals surface area contributed by atoms with E-state index in [1.165, 1.54) is 32.1 Å². The Hall–Kier alpha value is -0.570. The van der Waals surface area contributed by atoms with Gasteiger partial charge in [0, 0.05) is 12.6 Å². The second-order valence-electron chi connectivity index (χ2n) is 4.64. The van der Waals surface area contributed by atoms with E-state index in [9.17, 15) is 4.79 Å². The predicted octanol–water partition coefficient (Wildman–Crippen LogP) is 2.50. The molecule has 94 valence electrons. The van der Waals surface area contributed by atoms with Crippen molar-refractivity contribution in [1.82, 2.24) is 5.32 Å². The predicted molar refractivity (Wildman–Crippen MR) is 65.3 cm³/mol. The molecule has 1 N–H and O–H groups in total. The van der Waals surface area contributed by atoms with Crippen LogP contribution in [0.25, 0.3) is 0 Å². The van der Waals surface area contributed by atoms with Crippen molar-refractivity contribution in [3.05, 3.63) is 0 Å². The minimum Gasteiger partial charge on any atom is -0.372 e. The van der Waals surface area contributed by atoms with Crippen LogP contribution >= 0.6 is 0 Å². The zero-order valence-corrected chi connectivity index (χ0v) is 10.6. The maximum atomic E-state index is 11.6. The van der Waals surface area contributed by atoms with Gasteiger partial charge in [0.25, 0.3) is 0 Å². The number of carbonyl (C=O) groups excluding carboxylic acids is 1. The highest BCUT2D eigenvalue weighted by Crippen LogP contribution is 2.27. The molecular formula is C13H25NO2. The molecule has 0 aromatic rings. The summed E-state index contributed by atoms with van der Waals surface area (Å²) in [6.07, 6.45) is 7.43. The quantitative estimate of drug-likeness (QED) is 0.757. The summed E-state index contributed by atoms with van der Waals surface area (Å²) in [6, 6.07) is 0.390. The molecule has 0 aliphatic heterocycles. The monoisotopic (exact) mass is 227 g/mol. The Balaban J connectivity index is 2.33. The van der Waals surface area contributed by atoms with Crippen LogP contribution in [0.5, 0.6) is 0 Å². The zero-order chi connectivity index (χ0) is 11.8. The fraction of sp³-hybridized carbons (Fsp3) is 0.923. The van der Waals surface area contributed by atoms with Crippen LogP contribution < -0.4 is 5.32 Å². The standard InChI is InChI=1S/C13H25NO2/c1-3-7-11-8-5-6-9-12(11)14-13(15)10-16-4-2/h11-12H,3-10H2,1-2H3,(H,14,15)/t11-,12+/m0/s1. The fourth-order valence-electron chi connectivity index (χ4n) is 2.56. The van der Waals surface area contributed by atoms with Crippen molar-refractivity contribution in [2.75, 3.05) is 13.2 Å². The molecule has 0 unspecified atom stereocenters. The molecule has 0 radical (unpaired) electrons. The second-order valence-corrected chi connectivity index (χ2v) is 4.64. The molecular weight excluding hydrogens is 202 g/mol. The Kier molecular flexibility index (Phi) is 6.46. The van der Waals surface area contributed by atoms with E-state index >= 15 is 0 Å². The van der Waals surface area contributed by atoms with Crippen LogP contribution in [0.15, 0.2) is 0 Å². The largest absolute Gasteiger partial charge is 0.372 e. The van der Waals surface area contributed by atoms with Gasteiger partial charge in [0.1, 0.15) is 6.61 Å². The molecule has 1 amide bonds. The molecule has 0 spiro atoms. The van der Waals surface area contributed by atoms with Crippen LogP contribution in [0.2, 0.25) is 0 Å². The topological polar surface area (TPSA) is 38.3 Å². The van der Waals surface area contributed by atoms with Crippen molar-refractivity contribution in [2.24, 2.45) is 5.92 Å². The van der Waals surface area contributed by atoms with Crippen molar-refractivity contribution < 1.29 is 9.53 Å². The molecule has 0 heterocycles. The van der Waals surface area contributed by atoms with Crippen LogP contribution in [-0.4, -0.2) is 25.2 Å². The van der Waals surface area contributed by atoms with Crippen molar-refractivity contribution in [3.8, 4) is 0 Å². The summed E-state index contributed by atoms with van der Waals surface area (Å²) in [7, 11) is 0. The third-order valence-corrected chi connectivity index (χ3v) is 3.35. The van der Waals surface area contributed by atoms with E-state index in [0.717, 1.165) is 6.42 Å². The van der Waals surface area contributed by atoms with Crippen LogP contribution in [0.1, 0.15) is 52.4 Å². The Morgan fingerprint density at radius 3 is 2.75 bits per heavy atom. The lowest BCUT2D eigenvalue weighted by Crippen LogP contribution is -2.43. The Morgan fingerprint density at radius 1 is 1.31 bits per heavy atom. The Bertz CT molecular complexity index is 204. The molecule has 3 nitrogen and oxygen atoms in total. The summed E-state index contributed by atoms with van der Waals surface area (Å²) in [4.78, 5) is 11.6. The first kappa shape index (κ1) is 13.5. The summed E-state index contributed by atoms with van der Waals surface area (Å²) < 4.78 is 5.12. The molecule has 3 heteroatoms. The highest BCUT2D eigenvalue weighted by molar-refractivity contribution is 5.77. The van der Waals surface area contributed by atoms with E-state index in [4.69, 9.17) is 4.74 Å². The Morgan fingerprint density at radius 2 is 2.06 bits per heavy atom. The van der Waals surface area contributed by atoms with Crippen LogP contribution in [-0.2, 0) is 9.53 Å². The first-order valence-corrected chi connectivity index (χ1v) is 6.65. The second kappa shape index (κ2) is 7.66. The average Bonchev–Trinajstić information content (AvgIpc) is 2.29.